The molecule has 8 nitrogen and oxygen atoms in total. The van der Waals surface area contributed by atoms with Crippen LogP contribution in [-0.4, -0.2) is 36.8 Å². The Hall–Kier alpha value is -2.70. The van der Waals surface area contributed by atoms with Crippen LogP contribution in [0.5, 0.6) is 0 Å². The van der Waals surface area contributed by atoms with Crippen molar-refractivity contribution >= 4 is 44.5 Å². The SMILES string of the molecule is CC(C)n1cnc2c(Nc3cc(Br)cc(C#N)c3)nc(NC3CCC(O)CC3)nc21. The first kappa shape index (κ1) is 20.6. The van der Waals surface area contributed by atoms with Crippen molar-refractivity contribution < 1.29 is 5.11 Å². The van der Waals surface area contributed by atoms with Crippen LogP contribution in [0, 0.1) is 11.3 Å². The predicted molar refractivity (Wildman–Crippen MR) is 120 cm³/mol. The summed E-state index contributed by atoms with van der Waals surface area (Å²) >= 11 is 3.45. The molecule has 0 spiro atoms. The van der Waals surface area contributed by atoms with E-state index in [1.54, 1.807) is 18.5 Å². The normalized spacial score (nSPS) is 19.1. The average molecular weight is 470 g/mol. The Morgan fingerprint density at radius 3 is 2.67 bits per heavy atom. The summed E-state index contributed by atoms with van der Waals surface area (Å²) in [5, 5.41) is 25.8. The number of benzene rings is 1. The van der Waals surface area contributed by atoms with Crippen LogP contribution in [-0.2, 0) is 0 Å². The second kappa shape index (κ2) is 8.58. The Bertz CT molecular complexity index is 1100. The quantitative estimate of drug-likeness (QED) is 0.503. The molecule has 0 radical (unpaired) electrons. The van der Waals surface area contributed by atoms with Gasteiger partial charge >= 0.3 is 0 Å². The van der Waals surface area contributed by atoms with E-state index in [9.17, 15) is 10.4 Å². The van der Waals surface area contributed by atoms with E-state index < -0.39 is 0 Å². The summed E-state index contributed by atoms with van der Waals surface area (Å²) in [6, 6.07) is 8.02. The van der Waals surface area contributed by atoms with Gasteiger partial charge in [-0.05, 0) is 57.7 Å². The van der Waals surface area contributed by atoms with Crippen molar-refractivity contribution in [2.24, 2.45) is 0 Å². The van der Waals surface area contributed by atoms with Gasteiger partial charge in [0.15, 0.2) is 17.0 Å². The molecule has 1 aromatic carbocycles. The van der Waals surface area contributed by atoms with E-state index in [0.717, 1.165) is 41.5 Å². The smallest absolute Gasteiger partial charge is 0.227 e. The van der Waals surface area contributed by atoms with Crippen LogP contribution in [0.25, 0.3) is 11.2 Å². The van der Waals surface area contributed by atoms with E-state index in [1.807, 2.05) is 10.6 Å². The van der Waals surface area contributed by atoms with E-state index in [-0.39, 0.29) is 18.2 Å². The first-order valence-corrected chi connectivity index (χ1v) is 10.9. The van der Waals surface area contributed by atoms with Gasteiger partial charge in [-0.3, -0.25) is 0 Å². The van der Waals surface area contributed by atoms with Gasteiger partial charge in [-0.15, -0.1) is 0 Å². The standard InChI is InChI=1S/C21H24BrN7O/c1-12(2)29-11-24-18-19(25-16-8-13(10-23)7-14(22)9-16)27-21(28-20(18)29)26-15-3-5-17(30)6-4-15/h7-9,11-12,15,17,30H,3-6H2,1-2H3,(H2,25,26,27,28). The zero-order valence-corrected chi connectivity index (χ0v) is 18.5. The number of nitrogens with zero attached hydrogens (tertiary/aromatic N) is 5. The molecule has 9 heteroatoms. The molecule has 1 saturated carbocycles. The Kier molecular flexibility index (Phi) is 5.88. The number of anilines is 3. The molecule has 1 fully saturated rings. The molecule has 2 aromatic heterocycles. The lowest BCUT2D eigenvalue weighted by Gasteiger charge is -2.26. The van der Waals surface area contributed by atoms with Gasteiger partial charge in [0.25, 0.3) is 0 Å². The predicted octanol–water partition coefficient (Wildman–Crippen LogP) is 4.50. The van der Waals surface area contributed by atoms with Crippen molar-refractivity contribution in [2.75, 3.05) is 10.6 Å². The van der Waals surface area contributed by atoms with Crippen LogP contribution in [0.1, 0.15) is 51.1 Å². The summed E-state index contributed by atoms with van der Waals surface area (Å²) < 4.78 is 2.82. The number of nitrogens with one attached hydrogen (secondary N) is 2. The van der Waals surface area contributed by atoms with Gasteiger partial charge in [0, 0.05) is 22.2 Å². The second-order valence-electron chi connectivity index (χ2n) is 7.93. The highest BCUT2D eigenvalue weighted by Gasteiger charge is 2.22. The number of hydrogen-bond donors (Lipinski definition) is 3. The van der Waals surface area contributed by atoms with Crippen molar-refractivity contribution in [3.05, 3.63) is 34.6 Å². The molecule has 0 saturated heterocycles. The Morgan fingerprint density at radius 1 is 1.20 bits per heavy atom. The molecule has 4 rings (SSSR count). The van der Waals surface area contributed by atoms with Crippen LogP contribution >= 0.6 is 15.9 Å². The van der Waals surface area contributed by atoms with E-state index in [1.165, 1.54) is 0 Å². The first-order chi connectivity index (χ1) is 14.4. The molecule has 30 heavy (non-hydrogen) atoms. The van der Waals surface area contributed by atoms with Crippen molar-refractivity contribution in [3.8, 4) is 6.07 Å². The maximum Gasteiger partial charge on any atom is 0.227 e. The number of hydrogen-bond acceptors (Lipinski definition) is 7. The monoisotopic (exact) mass is 469 g/mol. The Labute approximate surface area is 183 Å². The molecular weight excluding hydrogens is 446 g/mol. The second-order valence-corrected chi connectivity index (χ2v) is 8.84. The number of aliphatic hydroxyl groups excluding tert-OH is 1. The lowest BCUT2D eigenvalue weighted by atomic mass is 9.93. The topological polar surface area (TPSA) is 112 Å². The molecule has 2 heterocycles. The third-order valence-electron chi connectivity index (χ3n) is 5.30. The van der Waals surface area contributed by atoms with Crippen molar-refractivity contribution in [1.82, 2.24) is 19.5 Å². The van der Waals surface area contributed by atoms with Crippen LogP contribution in [0.3, 0.4) is 0 Å². The highest BCUT2D eigenvalue weighted by atomic mass is 79.9. The van der Waals surface area contributed by atoms with E-state index in [4.69, 9.17) is 9.97 Å². The molecule has 0 aliphatic heterocycles. The Balaban J connectivity index is 1.72. The number of rotatable bonds is 5. The van der Waals surface area contributed by atoms with Crippen molar-refractivity contribution in [2.45, 2.75) is 57.7 Å². The van der Waals surface area contributed by atoms with Gasteiger partial charge in [-0.1, -0.05) is 15.9 Å². The maximum absolute atomic E-state index is 9.77. The molecule has 156 valence electrons. The van der Waals surface area contributed by atoms with Gasteiger partial charge in [0.2, 0.25) is 5.95 Å². The van der Waals surface area contributed by atoms with E-state index >= 15 is 0 Å². The highest BCUT2D eigenvalue weighted by molar-refractivity contribution is 9.10. The number of halogens is 1. The summed E-state index contributed by atoms with van der Waals surface area (Å²) in [6.07, 6.45) is 4.89. The largest absolute Gasteiger partial charge is 0.393 e. The third-order valence-corrected chi connectivity index (χ3v) is 5.76. The van der Waals surface area contributed by atoms with Gasteiger partial charge in [0.05, 0.1) is 24.1 Å². The molecule has 1 aliphatic rings. The summed E-state index contributed by atoms with van der Waals surface area (Å²) in [6.45, 7) is 4.17. The first-order valence-electron chi connectivity index (χ1n) is 10.1. The zero-order chi connectivity index (χ0) is 21.3. The van der Waals surface area contributed by atoms with E-state index in [2.05, 4.69) is 51.5 Å². The van der Waals surface area contributed by atoms with Gasteiger partial charge in [-0.25, -0.2) is 4.98 Å². The number of nitriles is 1. The molecule has 1 aliphatic carbocycles. The fraction of sp³-hybridized carbons (Fsp3) is 0.429. The van der Waals surface area contributed by atoms with Crippen LogP contribution in [0.4, 0.5) is 17.5 Å². The minimum absolute atomic E-state index is 0.200. The summed E-state index contributed by atoms with van der Waals surface area (Å²) in [7, 11) is 0. The fourth-order valence-electron chi connectivity index (χ4n) is 3.71. The van der Waals surface area contributed by atoms with Crippen LogP contribution in [0.15, 0.2) is 29.0 Å². The van der Waals surface area contributed by atoms with Gasteiger partial charge in [-0.2, -0.15) is 15.2 Å². The molecule has 0 unspecified atom stereocenters. The summed E-state index contributed by atoms with van der Waals surface area (Å²) in [5.74, 6) is 1.11. The molecular formula is C21H24BrN7O. The zero-order valence-electron chi connectivity index (χ0n) is 16.9. The lowest BCUT2D eigenvalue weighted by molar-refractivity contribution is 0.126. The third kappa shape index (κ3) is 4.40. The number of fused-ring (bicyclic) bond motifs is 1. The van der Waals surface area contributed by atoms with Crippen LogP contribution < -0.4 is 10.6 Å². The van der Waals surface area contributed by atoms with Gasteiger partial charge in [0.1, 0.15) is 0 Å². The average Bonchev–Trinajstić information content (AvgIpc) is 3.14. The minimum Gasteiger partial charge on any atom is -0.393 e. The van der Waals surface area contributed by atoms with E-state index in [0.29, 0.717) is 22.8 Å². The molecule has 3 N–H and O–H groups in total. The Morgan fingerprint density at radius 2 is 1.97 bits per heavy atom. The minimum atomic E-state index is -0.211. The highest BCUT2D eigenvalue weighted by Crippen LogP contribution is 2.29. The molecule has 3 aromatic rings. The molecule has 0 amide bonds. The van der Waals surface area contributed by atoms with Crippen LogP contribution in [0.2, 0.25) is 0 Å². The molecule has 0 atom stereocenters. The van der Waals surface area contributed by atoms with Gasteiger partial charge < -0.3 is 20.3 Å². The summed E-state index contributed by atoms with van der Waals surface area (Å²) in [4.78, 5) is 14.0. The molecule has 0 bridgehead atoms. The summed E-state index contributed by atoms with van der Waals surface area (Å²) in [5.41, 5.74) is 2.71. The van der Waals surface area contributed by atoms with Crippen molar-refractivity contribution in [1.29, 1.82) is 5.26 Å². The fourth-order valence-corrected chi connectivity index (χ4v) is 4.21. The lowest BCUT2D eigenvalue weighted by Crippen LogP contribution is -2.29. The number of aromatic nitrogens is 4. The maximum atomic E-state index is 9.77. The number of aliphatic hydroxyl groups is 1. The van der Waals surface area contributed by atoms with Crippen molar-refractivity contribution in [3.63, 3.8) is 0 Å². The number of imidazole rings is 1.